The minimum absolute atomic E-state index is 0.00412. The maximum atomic E-state index is 12.3. The highest BCUT2D eigenvalue weighted by Gasteiger charge is 2.25. The van der Waals surface area contributed by atoms with Gasteiger partial charge >= 0.3 is 0 Å². The Hall–Kier alpha value is -1.60. The average molecular weight is 339 g/mol. The second-order valence-electron chi connectivity index (χ2n) is 5.80. The number of aryl methyl sites for hydroxylation is 1. The normalized spacial score (nSPS) is 16.3. The third kappa shape index (κ3) is 4.94. The quantitative estimate of drug-likeness (QED) is 0.844. The number of amides is 1. The number of anilines is 1. The summed E-state index contributed by atoms with van der Waals surface area (Å²) < 4.78 is 24.4. The summed E-state index contributed by atoms with van der Waals surface area (Å²) in [5, 5.41) is 3.21. The molecule has 1 amide bonds. The summed E-state index contributed by atoms with van der Waals surface area (Å²) in [6.07, 6.45) is 3.24. The molecule has 2 rings (SSSR count). The van der Waals surface area contributed by atoms with Crippen molar-refractivity contribution in [3.63, 3.8) is 0 Å². The Morgan fingerprint density at radius 2 is 1.83 bits per heavy atom. The van der Waals surface area contributed by atoms with Crippen LogP contribution in [0.4, 0.5) is 5.69 Å². The Morgan fingerprint density at radius 3 is 2.43 bits per heavy atom. The molecule has 0 aromatic heterocycles. The largest absolute Gasteiger partial charge is 0.376 e. The van der Waals surface area contributed by atoms with Gasteiger partial charge in [-0.3, -0.25) is 4.79 Å². The summed E-state index contributed by atoms with van der Waals surface area (Å²) in [5.41, 5.74) is 2.21. The molecule has 0 radical (unpaired) electrons. The van der Waals surface area contributed by atoms with Gasteiger partial charge in [-0.1, -0.05) is 31.5 Å². The van der Waals surface area contributed by atoms with Crippen molar-refractivity contribution in [2.24, 2.45) is 0 Å². The minimum atomic E-state index is -3.16. The van der Waals surface area contributed by atoms with Crippen molar-refractivity contribution in [3.8, 4) is 0 Å². The van der Waals surface area contributed by atoms with Gasteiger partial charge in [-0.25, -0.2) is 8.42 Å². The molecular formula is C16H25N3O3S. The number of rotatable bonds is 6. The zero-order chi connectivity index (χ0) is 16.9. The summed E-state index contributed by atoms with van der Waals surface area (Å²) >= 11 is 0. The smallest absolute Gasteiger partial charge is 0.241 e. The SMILES string of the molecule is CCCc1ccccc1NCC(=O)N1CCN(S(C)(=O)=O)CC1. The molecule has 1 saturated heterocycles. The molecule has 0 aliphatic carbocycles. The van der Waals surface area contributed by atoms with E-state index in [-0.39, 0.29) is 12.5 Å². The van der Waals surface area contributed by atoms with Gasteiger partial charge < -0.3 is 10.2 Å². The van der Waals surface area contributed by atoms with Crippen molar-refractivity contribution in [1.82, 2.24) is 9.21 Å². The van der Waals surface area contributed by atoms with Gasteiger partial charge in [0.25, 0.3) is 0 Å². The van der Waals surface area contributed by atoms with E-state index >= 15 is 0 Å². The fourth-order valence-corrected chi connectivity index (χ4v) is 3.56. The molecule has 1 N–H and O–H groups in total. The molecule has 0 spiro atoms. The lowest BCUT2D eigenvalue weighted by Crippen LogP contribution is -2.51. The summed E-state index contributed by atoms with van der Waals surface area (Å²) in [5.74, 6) is 0.00412. The number of benzene rings is 1. The third-order valence-corrected chi connectivity index (χ3v) is 5.33. The molecule has 7 heteroatoms. The van der Waals surface area contributed by atoms with Crippen LogP contribution in [0.3, 0.4) is 0 Å². The molecule has 6 nitrogen and oxygen atoms in total. The van der Waals surface area contributed by atoms with Crippen LogP contribution in [-0.2, 0) is 21.2 Å². The van der Waals surface area contributed by atoms with Gasteiger partial charge in [0.15, 0.2) is 0 Å². The van der Waals surface area contributed by atoms with Crippen LogP contribution in [0.5, 0.6) is 0 Å². The fraction of sp³-hybridized carbons (Fsp3) is 0.562. The second-order valence-corrected chi connectivity index (χ2v) is 7.79. The standard InChI is InChI=1S/C16H25N3O3S/c1-3-6-14-7-4-5-8-15(14)17-13-16(20)18-9-11-19(12-10-18)23(2,21)22/h4-5,7-8,17H,3,6,9-13H2,1-2H3. The van der Waals surface area contributed by atoms with Crippen molar-refractivity contribution >= 4 is 21.6 Å². The molecule has 1 aromatic rings. The van der Waals surface area contributed by atoms with Crippen LogP contribution in [0.1, 0.15) is 18.9 Å². The first-order valence-electron chi connectivity index (χ1n) is 7.96. The Morgan fingerprint density at radius 1 is 1.17 bits per heavy atom. The molecule has 1 aromatic carbocycles. The number of hydrogen-bond acceptors (Lipinski definition) is 4. The number of carbonyl (C=O) groups excluding carboxylic acids is 1. The summed E-state index contributed by atoms with van der Waals surface area (Å²) in [7, 11) is -3.16. The van der Waals surface area contributed by atoms with E-state index < -0.39 is 10.0 Å². The summed E-state index contributed by atoms with van der Waals surface area (Å²) in [4.78, 5) is 14.0. The van der Waals surface area contributed by atoms with E-state index in [0.717, 1.165) is 18.5 Å². The number of hydrogen-bond donors (Lipinski definition) is 1. The maximum Gasteiger partial charge on any atom is 0.241 e. The van der Waals surface area contributed by atoms with Crippen molar-refractivity contribution < 1.29 is 13.2 Å². The minimum Gasteiger partial charge on any atom is -0.376 e. The number of nitrogens with zero attached hydrogens (tertiary/aromatic N) is 2. The van der Waals surface area contributed by atoms with E-state index in [1.165, 1.54) is 16.1 Å². The number of para-hydroxylation sites is 1. The zero-order valence-corrected chi connectivity index (χ0v) is 14.6. The van der Waals surface area contributed by atoms with Crippen LogP contribution in [0.15, 0.2) is 24.3 Å². The van der Waals surface area contributed by atoms with Gasteiger partial charge in [0.2, 0.25) is 15.9 Å². The first-order chi connectivity index (χ1) is 10.9. The van der Waals surface area contributed by atoms with E-state index in [4.69, 9.17) is 0 Å². The monoisotopic (exact) mass is 339 g/mol. The van der Waals surface area contributed by atoms with Gasteiger partial charge in [0.1, 0.15) is 0 Å². The van der Waals surface area contributed by atoms with Crippen LogP contribution in [0, 0.1) is 0 Å². The number of piperazine rings is 1. The summed E-state index contributed by atoms with van der Waals surface area (Å²) in [6, 6.07) is 8.01. The van der Waals surface area contributed by atoms with Crippen LogP contribution in [0.25, 0.3) is 0 Å². The molecule has 1 aliphatic heterocycles. The van der Waals surface area contributed by atoms with Gasteiger partial charge in [0.05, 0.1) is 12.8 Å². The molecule has 0 atom stereocenters. The first-order valence-corrected chi connectivity index (χ1v) is 9.81. The average Bonchev–Trinajstić information content (AvgIpc) is 2.53. The van der Waals surface area contributed by atoms with Gasteiger partial charge in [-0.15, -0.1) is 0 Å². The van der Waals surface area contributed by atoms with Gasteiger partial charge in [-0.05, 0) is 18.1 Å². The molecule has 23 heavy (non-hydrogen) atoms. The number of carbonyl (C=O) groups is 1. The molecule has 1 heterocycles. The highest BCUT2D eigenvalue weighted by Crippen LogP contribution is 2.16. The third-order valence-electron chi connectivity index (χ3n) is 4.03. The Labute approximate surface area is 138 Å². The highest BCUT2D eigenvalue weighted by molar-refractivity contribution is 7.88. The fourth-order valence-electron chi connectivity index (χ4n) is 2.73. The number of nitrogens with one attached hydrogen (secondary N) is 1. The molecule has 1 fully saturated rings. The summed E-state index contributed by atoms with van der Waals surface area (Å²) in [6.45, 7) is 4.01. The molecule has 0 unspecified atom stereocenters. The van der Waals surface area contributed by atoms with Crippen LogP contribution < -0.4 is 5.32 Å². The van der Waals surface area contributed by atoms with Gasteiger partial charge in [-0.2, -0.15) is 4.31 Å². The highest BCUT2D eigenvalue weighted by atomic mass is 32.2. The molecular weight excluding hydrogens is 314 g/mol. The maximum absolute atomic E-state index is 12.3. The van der Waals surface area contributed by atoms with Crippen molar-refractivity contribution in [1.29, 1.82) is 0 Å². The van der Waals surface area contributed by atoms with Crippen molar-refractivity contribution in [2.45, 2.75) is 19.8 Å². The lowest BCUT2D eigenvalue weighted by Gasteiger charge is -2.33. The van der Waals surface area contributed by atoms with Crippen molar-refractivity contribution in [2.75, 3.05) is 44.3 Å². The Balaban J connectivity index is 1.87. The van der Waals surface area contributed by atoms with E-state index in [1.54, 1.807) is 4.90 Å². The zero-order valence-electron chi connectivity index (χ0n) is 13.8. The Kier molecular flexibility index (Phi) is 6.01. The van der Waals surface area contributed by atoms with Crippen LogP contribution in [-0.4, -0.2) is 62.5 Å². The van der Waals surface area contributed by atoms with Crippen LogP contribution in [0.2, 0.25) is 0 Å². The van der Waals surface area contributed by atoms with Gasteiger partial charge in [0, 0.05) is 31.9 Å². The molecule has 1 aliphatic rings. The van der Waals surface area contributed by atoms with E-state index in [0.29, 0.717) is 26.2 Å². The van der Waals surface area contributed by atoms with Crippen LogP contribution >= 0.6 is 0 Å². The first kappa shape index (κ1) is 17.7. The second kappa shape index (κ2) is 7.79. The molecule has 0 bridgehead atoms. The topological polar surface area (TPSA) is 69.7 Å². The molecule has 0 saturated carbocycles. The lowest BCUT2D eigenvalue weighted by atomic mass is 10.1. The predicted octanol–water partition coefficient (Wildman–Crippen LogP) is 1.15. The van der Waals surface area contributed by atoms with E-state index in [1.807, 2.05) is 18.2 Å². The number of sulfonamides is 1. The Bertz CT molecular complexity index is 638. The predicted molar refractivity (Wildman–Crippen MR) is 91.9 cm³/mol. The molecule has 128 valence electrons. The van der Waals surface area contributed by atoms with Crippen molar-refractivity contribution in [3.05, 3.63) is 29.8 Å². The lowest BCUT2D eigenvalue weighted by molar-refractivity contribution is -0.130. The van der Waals surface area contributed by atoms with E-state index in [2.05, 4.69) is 18.3 Å². The van der Waals surface area contributed by atoms with E-state index in [9.17, 15) is 13.2 Å².